The maximum absolute atomic E-state index is 13.6. The molecule has 7 nitrogen and oxygen atoms in total. The number of hydrogen-bond acceptors (Lipinski definition) is 5. The third-order valence-corrected chi connectivity index (χ3v) is 5.93. The highest BCUT2D eigenvalue weighted by atomic mass is 16.5. The number of ether oxygens (including phenoxy) is 1. The van der Waals surface area contributed by atoms with Crippen LogP contribution >= 0.6 is 0 Å². The molecule has 0 unspecified atom stereocenters. The minimum absolute atomic E-state index is 0.0719. The summed E-state index contributed by atoms with van der Waals surface area (Å²) in [6.07, 6.45) is 9.85. The van der Waals surface area contributed by atoms with E-state index in [4.69, 9.17) is 4.74 Å². The fraction of sp³-hybridized carbons (Fsp3) is 0.333. The van der Waals surface area contributed by atoms with Gasteiger partial charge in [-0.1, -0.05) is 23.8 Å². The molecule has 1 aromatic carbocycles. The van der Waals surface area contributed by atoms with Crippen LogP contribution in [0.5, 0.6) is 5.75 Å². The van der Waals surface area contributed by atoms with Crippen LogP contribution in [0.2, 0.25) is 0 Å². The maximum Gasteiger partial charge on any atom is 0.262 e. The Bertz CT molecular complexity index is 1370. The molecular weight excluding hydrogens is 390 g/mol. The topological polar surface area (TPSA) is 74.3 Å². The Balaban J connectivity index is 1.73. The summed E-state index contributed by atoms with van der Waals surface area (Å²) in [5, 5.41) is 5.07. The molecule has 1 aliphatic rings. The van der Waals surface area contributed by atoms with Crippen LogP contribution in [0.15, 0.2) is 53.0 Å². The largest absolute Gasteiger partial charge is 0.496 e. The first-order chi connectivity index (χ1) is 15.2. The van der Waals surface area contributed by atoms with Crippen molar-refractivity contribution in [3.05, 3.63) is 64.4 Å². The monoisotopic (exact) mass is 415 g/mol. The molecule has 3 aromatic heterocycles. The van der Waals surface area contributed by atoms with Gasteiger partial charge in [-0.25, -0.2) is 4.98 Å². The number of rotatable bonds is 5. The number of aromatic nitrogens is 5. The van der Waals surface area contributed by atoms with Crippen LogP contribution in [-0.2, 0) is 6.54 Å². The van der Waals surface area contributed by atoms with Crippen LogP contribution in [-0.4, -0.2) is 31.3 Å². The van der Waals surface area contributed by atoms with Crippen LogP contribution in [0, 0.1) is 6.92 Å². The van der Waals surface area contributed by atoms with Gasteiger partial charge in [0.2, 0.25) is 0 Å². The van der Waals surface area contributed by atoms with Crippen molar-refractivity contribution in [2.75, 3.05) is 7.11 Å². The van der Waals surface area contributed by atoms with Crippen molar-refractivity contribution in [3.63, 3.8) is 0 Å². The Morgan fingerprint density at radius 3 is 2.81 bits per heavy atom. The van der Waals surface area contributed by atoms with Gasteiger partial charge in [0.05, 0.1) is 23.7 Å². The number of allylic oxidation sites excluding steroid dienone is 2. The summed E-state index contributed by atoms with van der Waals surface area (Å²) in [5.41, 5.74) is 3.44. The lowest BCUT2D eigenvalue weighted by molar-refractivity contribution is 0.416. The molecule has 0 N–H and O–H groups in total. The van der Waals surface area contributed by atoms with E-state index < -0.39 is 0 Å². The first kappa shape index (κ1) is 19.5. The Morgan fingerprint density at radius 1 is 1.13 bits per heavy atom. The molecule has 0 spiro atoms. The molecule has 0 fully saturated rings. The number of benzene rings is 1. The van der Waals surface area contributed by atoms with Gasteiger partial charge < -0.3 is 9.30 Å². The van der Waals surface area contributed by atoms with Crippen LogP contribution in [0.3, 0.4) is 0 Å². The van der Waals surface area contributed by atoms with Crippen LogP contribution in [0.25, 0.3) is 27.9 Å². The third-order valence-electron chi connectivity index (χ3n) is 5.93. The predicted molar refractivity (Wildman–Crippen MR) is 120 cm³/mol. The number of aryl methyl sites for hydroxylation is 2. The highest BCUT2D eigenvalue weighted by Gasteiger charge is 2.20. The van der Waals surface area contributed by atoms with E-state index in [0.717, 1.165) is 24.8 Å². The number of fused-ring (bicyclic) bond motifs is 2. The second-order valence-electron chi connectivity index (χ2n) is 7.96. The van der Waals surface area contributed by atoms with Gasteiger partial charge in [-0.05, 0) is 57.2 Å². The molecule has 0 saturated heterocycles. The van der Waals surface area contributed by atoms with Crippen LogP contribution in [0.4, 0.5) is 0 Å². The van der Waals surface area contributed by atoms with Gasteiger partial charge in [0.1, 0.15) is 11.6 Å². The fourth-order valence-corrected chi connectivity index (χ4v) is 4.38. The van der Waals surface area contributed by atoms with E-state index in [2.05, 4.69) is 21.1 Å². The number of hydrogen-bond donors (Lipinski definition) is 0. The van der Waals surface area contributed by atoms with Gasteiger partial charge in [0.15, 0.2) is 0 Å². The Hall–Kier alpha value is -3.48. The maximum atomic E-state index is 13.6. The van der Waals surface area contributed by atoms with Crippen molar-refractivity contribution in [1.29, 1.82) is 0 Å². The zero-order chi connectivity index (χ0) is 21.4. The lowest BCUT2D eigenvalue weighted by Gasteiger charge is -2.15. The van der Waals surface area contributed by atoms with Crippen molar-refractivity contribution in [2.24, 2.45) is 0 Å². The molecule has 7 heteroatoms. The summed E-state index contributed by atoms with van der Waals surface area (Å²) in [6.45, 7) is 2.47. The van der Waals surface area contributed by atoms with Crippen molar-refractivity contribution in [1.82, 2.24) is 24.1 Å². The highest BCUT2D eigenvalue weighted by Crippen LogP contribution is 2.33. The molecule has 0 atom stereocenters. The van der Waals surface area contributed by atoms with Crippen molar-refractivity contribution in [2.45, 2.75) is 45.6 Å². The molecular formula is C24H25N5O2. The van der Waals surface area contributed by atoms with E-state index in [9.17, 15) is 4.79 Å². The van der Waals surface area contributed by atoms with E-state index in [0.29, 0.717) is 40.5 Å². The summed E-state index contributed by atoms with van der Waals surface area (Å²) in [4.78, 5) is 22.7. The summed E-state index contributed by atoms with van der Waals surface area (Å²) >= 11 is 0. The van der Waals surface area contributed by atoms with Crippen LogP contribution in [0.1, 0.15) is 37.9 Å². The Labute approximate surface area is 180 Å². The highest BCUT2D eigenvalue weighted by molar-refractivity contribution is 5.94. The van der Waals surface area contributed by atoms with Crippen LogP contribution < -0.4 is 10.3 Å². The zero-order valence-electron chi connectivity index (χ0n) is 17.8. The van der Waals surface area contributed by atoms with E-state index in [1.165, 1.54) is 18.4 Å². The average molecular weight is 415 g/mol. The zero-order valence-corrected chi connectivity index (χ0v) is 17.8. The summed E-state index contributed by atoms with van der Waals surface area (Å²) < 4.78 is 9.05. The summed E-state index contributed by atoms with van der Waals surface area (Å²) in [7, 11) is 1.63. The van der Waals surface area contributed by atoms with Gasteiger partial charge in [-0.3, -0.25) is 4.79 Å². The SMILES string of the molecule is COc1ccccc1-c1c2c(=O)n(CCC3=CCCCC3)ccc2nc2nc(C)nn12. The molecule has 0 aliphatic heterocycles. The molecule has 4 aromatic rings. The molecule has 3 heterocycles. The second-order valence-corrected chi connectivity index (χ2v) is 7.96. The molecule has 158 valence electrons. The third kappa shape index (κ3) is 3.50. The quantitative estimate of drug-likeness (QED) is 0.454. The van der Waals surface area contributed by atoms with Gasteiger partial charge in [0, 0.05) is 18.3 Å². The predicted octanol–water partition coefficient (Wildman–Crippen LogP) is 4.31. The summed E-state index contributed by atoms with van der Waals surface area (Å²) in [6, 6.07) is 9.55. The van der Waals surface area contributed by atoms with Gasteiger partial charge in [-0.2, -0.15) is 9.50 Å². The van der Waals surface area contributed by atoms with Gasteiger partial charge >= 0.3 is 0 Å². The summed E-state index contributed by atoms with van der Waals surface area (Å²) in [5.74, 6) is 1.74. The van der Waals surface area contributed by atoms with E-state index in [-0.39, 0.29) is 5.56 Å². The Kier molecular flexibility index (Phi) is 5.02. The molecule has 0 radical (unpaired) electrons. The number of pyridine rings is 1. The van der Waals surface area contributed by atoms with E-state index >= 15 is 0 Å². The van der Waals surface area contributed by atoms with Crippen molar-refractivity contribution >= 4 is 16.7 Å². The molecule has 0 amide bonds. The van der Waals surface area contributed by atoms with Crippen molar-refractivity contribution in [3.8, 4) is 17.0 Å². The minimum Gasteiger partial charge on any atom is -0.496 e. The second kappa shape index (κ2) is 7.98. The lowest BCUT2D eigenvalue weighted by Crippen LogP contribution is -2.22. The molecule has 31 heavy (non-hydrogen) atoms. The number of nitrogens with zero attached hydrogens (tertiary/aromatic N) is 5. The van der Waals surface area contributed by atoms with E-state index in [1.807, 2.05) is 43.5 Å². The first-order valence-electron chi connectivity index (χ1n) is 10.7. The molecule has 1 aliphatic carbocycles. The number of methoxy groups -OCH3 is 1. The normalized spacial score (nSPS) is 14.2. The standard InChI is InChI=1S/C24H25N5O2/c1-16-25-24-26-19-13-15-28(14-12-17-8-4-3-5-9-17)23(30)21(19)22(29(24)27-16)18-10-6-7-11-20(18)31-2/h6-8,10-11,13,15H,3-5,9,12,14H2,1-2H3. The minimum atomic E-state index is -0.0719. The molecule has 5 rings (SSSR count). The molecule has 0 saturated carbocycles. The molecule has 0 bridgehead atoms. The smallest absolute Gasteiger partial charge is 0.262 e. The van der Waals surface area contributed by atoms with Crippen molar-refractivity contribution < 1.29 is 4.74 Å². The number of para-hydroxylation sites is 1. The fourth-order valence-electron chi connectivity index (χ4n) is 4.38. The van der Waals surface area contributed by atoms with Gasteiger partial charge in [-0.15, -0.1) is 5.10 Å². The lowest BCUT2D eigenvalue weighted by atomic mass is 9.97. The average Bonchev–Trinajstić information content (AvgIpc) is 3.17. The van der Waals surface area contributed by atoms with Gasteiger partial charge in [0.25, 0.3) is 11.3 Å². The first-order valence-corrected chi connectivity index (χ1v) is 10.7. The Morgan fingerprint density at radius 2 is 2.00 bits per heavy atom. The van der Waals surface area contributed by atoms with E-state index in [1.54, 1.807) is 16.2 Å².